The topological polar surface area (TPSA) is 20.3 Å². The quantitative estimate of drug-likeness (QED) is 0.818. The Balaban J connectivity index is 1.96. The maximum Gasteiger partial charge on any atom is 0.238 e. The van der Waals surface area contributed by atoms with Gasteiger partial charge in [-0.2, -0.15) is 0 Å². The third-order valence-electron chi connectivity index (χ3n) is 3.34. The van der Waals surface area contributed by atoms with Crippen LogP contribution in [0.4, 0.5) is 5.69 Å². The van der Waals surface area contributed by atoms with E-state index >= 15 is 0 Å². The van der Waals surface area contributed by atoms with E-state index in [0.29, 0.717) is 10.8 Å². The Morgan fingerprint density at radius 1 is 1.10 bits per heavy atom. The Labute approximate surface area is 127 Å². The van der Waals surface area contributed by atoms with Crippen LogP contribution in [-0.4, -0.2) is 11.7 Å². The summed E-state index contributed by atoms with van der Waals surface area (Å²) < 4.78 is 0. The van der Waals surface area contributed by atoms with Crippen molar-refractivity contribution >= 4 is 35.0 Å². The van der Waals surface area contributed by atoms with Crippen LogP contribution >= 0.6 is 23.4 Å². The average molecular weight is 304 g/mol. The van der Waals surface area contributed by atoms with E-state index in [1.54, 1.807) is 11.8 Å². The molecule has 0 aromatic heterocycles. The molecular formula is C16H14ClNOS. The van der Waals surface area contributed by atoms with Crippen molar-refractivity contribution in [2.24, 2.45) is 0 Å². The van der Waals surface area contributed by atoms with Gasteiger partial charge in [-0.3, -0.25) is 9.69 Å². The normalized spacial score (nSPS) is 18.6. The summed E-state index contributed by atoms with van der Waals surface area (Å²) in [5.41, 5.74) is 3.28. The first-order chi connectivity index (χ1) is 9.65. The van der Waals surface area contributed by atoms with Gasteiger partial charge in [0.2, 0.25) is 5.91 Å². The molecule has 0 spiro atoms. The van der Waals surface area contributed by atoms with E-state index in [4.69, 9.17) is 11.6 Å². The minimum absolute atomic E-state index is 0.0456. The van der Waals surface area contributed by atoms with Gasteiger partial charge in [-0.05, 0) is 36.8 Å². The number of thioether (sulfide) groups is 1. The molecule has 3 rings (SSSR count). The van der Waals surface area contributed by atoms with Crippen molar-refractivity contribution in [2.45, 2.75) is 12.3 Å². The summed E-state index contributed by atoms with van der Waals surface area (Å²) >= 11 is 7.58. The van der Waals surface area contributed by atoms with Crippen molar-refractivity contribution in [1.82, 2.24) is 0 Å². The predicted molar refractivity (Wildman–Crippen MR) is 85.3 cm³/mol. The van der Waals surface area contributed by atoms with Crippen molar-refractivity contribution in [1.29, 1.82) is 0 Å². The number of halogens is 1. The fourth-order valence-corrected chi connectivity index (χ4v) is 3.59. The summed E-state index contributed by atoms with van der Waals surface area (Å²) in [6.45, 7) is 2.06. The monoisotopic (exact) mass is 303 g/mol. The minimum atomic E-state index is 0.0456. The van der Waals surface area contributed by atoms with Gasteiger partial charge in [0.25, 0.3) is 0 Å². The number of rotatable bonds is 2. The molecule has 102 valence electrons. The summed E-state index contributed by atoms with van der Waals surface area (Å²) in [5, 5.41) is 0.726. The molecule has 1 amide bonds. The number of amides is 1. The number of hydrogen-bond acceptors (Lipinski definition) is 2. The summed E-state index contributed by atoms with van der Waals surface area (Å²) in [6.07, 6.45) is 0. The van der Waals surface area contributed by atoms with E-state index in [2.05, 4.69) is 31.2 Å². The van der Waals surface area contributed by atoms with E-state index in [-0.39, 0.29) is 11.3 Å². The number of aryl methyl sites for hydroxylation is 1. The number of hydrogen-bond donors (Lipinski definition) is 0. The lowest BCUT2D eigenvalue weighted by Gasteiger charge is -2.24. The Morgan fingerprint density at radius 2 is 1.75 bits per heavy atom. The van der Waals surface area contributed by atoms with Gasteiger partial charge < -0.3 is 0 Å². The van der Waals surface area contributed by atoms with Crippen LogP contribution in [0.3, 0.4) is 0 Å². The van der Waals surface area contributed by atoms with Crippen LogP contribution in [-0.2, 0) is 4.79 Å². The Bertz CT molecular complexity index is 624. The highest BCUT2D eigenvalue weighted by Gasteiger charge is 2.33. The van der Waals surface area contributed by atoms with Crippen molar-refractivity contribution in [3.05, 3.63) is 64.7 Å². The standard InChI is InChI=1S/C16H14ClNOS/c1-11-2-4-12(5-3-11)16-18(15(19)10-20-16)14-8-6-13(17)7-9-14/h2-9,16H,10H2,1H3. The third kappa shape index (κ3) is 2.56. The van der Waals surface area contributed by atoms with Gasteiger partial charge in [-0.15, -0.1) is 11.8 Å². The minimum Gasteiger partial charge on any atom is -0.295 e. The molecule has 4 heteroatoms. The molecule has 0 radical (unpaired) electrons. The average Bonchev–Trinajstić information content (AvgIpc) is 2.83. The van der Waals surface area contributed by atoms with Crippen LogP contribution in [0, 0.1) is 6.92 Å². The fraction of sp³-hybridized carbons (Fsp3) is 0.188. The van der Waals surface area contributed by atoms with Gasteiger partial charge in [-0.25, -0.2) is 0 Å². The van der Waals surface area contributed by atoms with E-state index in [9.17, 15) is 4.79 Å². The van der Waals surface area contributed by atoms with Crippen LogP contribution in [0.5, 0.6) is 0 Å². The number of carbonyl (C=O) groups excluding carboxylic acids is 1. The van der Waals surface area contributed by atoms with Gasteiger partial charge in [0.05, 0.1) is 5.75 Å². The van der Waals surface area contributed by atoms with Gasteiger partial charge in [0.1, 0.15) is 5.37 Å². The third-order valence-corrected chi connectivity index (χ3v) is 4.80. The summed E-state index contributed by atoms with van der Waals surface area (Å²) in [7, 11) is 0. The molecule has 2 nitrogen and oxygen atoms in total. The lowest BCUT2D eigenvalue weighted by atomic mass is 10.1. The predicted octanol–water partition coefficient (Wildman–Crippen LogP) is 4.43. The zero-order chi connectivity index (χ0) is 14.1. The van der Waals surface area contributed by atoms with Crippen LogP contribution in [0.2, 0.25) is 5.02 Å². The highest BCUT2D eigenvalue weighted by Crippen LogP contribution is 2.41. The van der Waals surface area contributed by atoms with Crippen molar-refractivity contribution < 1.29 is 4.79 Å². The molecule has 1 aliphatic rings. The van der Waals surface area contributed by atoms with Crippen LogP contribution in [0.15, 0.2) is 48.5 Å². The number of carbonyl (C=O) groups is 1. The molecule has 0 N–H and O–H groups in total. The second kappa shape index (κ2) is 5.51. The lowest BCUT2D eigenvalue weighted by Crippen LogP contribution is -2.27. The molecule has 1 saturated heterocycles. The first kappa shape index (κ1) is 13.5. The SMILES string of the molecule is Cc1ccc(C2SCC(=O)N2c2ccc(Cl)cc2)cc1. The zero-order valence-corrected chi connectivity index (χ0v) is 12.6. The highest BCUT2D eigenvalue weighted by atomic mass is 35.5. The number of nitrogens with zero attached hydrogens (tertiary/aromatic N) is 1. The van der Waals surface area contributed by atoms with Crippen molar-refractivity contribution in [3.63, 3.8) is 0 Å². The van der Waals surface area contributed by atoms with Crippen molar-refractivity contribution in [2.75, 3.05) is 10.7 Å². The summed E-state index contributed by atoms with van der Waals surface area (Å²) in [5.74, 6) is 0.657. The van der Waals surface area contributed by atoms with Gasteiger partial charge in [0, 0.05) is 10.7 Å². The van der Waals surface area contributed by atoms with Crippen molar-refractivity contribution in [3.8, 4) is 0 Å². The van der Waals surface area contributed by atoms with Crippen LogP contribution in [0.1, 0.15) is 16.5 Å². The van der Waals surface area contributed by atoms with Gasteiger partial charge in [0.15, 0.2) is 0 Å². The molecule has 1 heterocycles. The fourth-order valence-electron chi connectivity index (χ4n) is 2.28. The molecule has 20 heavy (non-hydrogen) atoms. The molecule has 0 bridgehead atoms. The summed E-state index contributed by atoms with van der Waals surface area (Å²) in [4.78, 5) is 14.0. The molecule has 2 aromatic rings. The molecule has 1 atom stereocenters. The molecule has 0 saturated carbocycles. The smallest absolute Gasteiger partial charge is 0.238 e. The second-order valence-electron chi connectivity index (χ2n) is 4.81. The lowest BCUT2D eigenvalue weighted by molar-refractivity contribution is -0.115. The van der Waals surface area contributed by atoms with E-state index in [0.717, 1.165) is 11.3 Å². The Morgan fingerprint density at radius 3 is 2.40 bits per heavy atom. The molecule has 1 fully saturated rings. The molecule has 1 aliphatic heterocycles. The zero-order valence-electron chi connectivity index (χ0n) is 11.0. The Kier molecular flexibility index (Phi) is 3.72. The van der Waals surface area contributed by atoms with Crippen LogP contribution in [0.25, 0.3) is 0 Å². The largest absolute Gasteiger partial charge is 0.295 e. The van der Waals surface area contributed by atoms with Gasteiger partial charge >= 0.3 is 0 Å². The first-order valence-corrected chi connectivity index (χ1v) is 7.83. The number of anilines is 1. The highest BCUT2D eigenvalue weighted by molar-refractivity contribution is 8.00. The maximum atomic E-state index is 12.2. The van der Waals surface area contributed by atoms with Crippen LogP contribution < -0.4 is 4.90 Å². The maximum absolute atomic E-state index is 12.2. The van der Waals surface area contributed by atoms with E-state index in [1.165, 1.54) is 5.56 Å². The van der Waals surface area contributed by atoms with Gasteiger partial charge in [-0.1, -0.05) is 41.4 Å². The molecule has 1 unspecified atom stereocenters. The van der Waals surface area contributed by atoms with E-state index < -0.39 is 0 Å². The molecular weight excluding hydrogens is 290 g/mol. The van der Waals surface area contributed by atoms with E-state index in [1.807, 2.05) is 29.2 Å². The first-order valence-electron chi connectivity index (χ1n) is 6.41. The number of benzene rings is 2. The molecule has 0 aliphatic carbocycles. The second-order valence-corrected chi connectivity index (χ2v) is 6.32. The summed E-state index contributed by atoms with van der Waals surface area (Å²) in [6, 6.07) is 15.8. The Hall–Kier alpha value is -1.45. The molecule has 2 aromatic carbocycles.